The maximum absolute atomic E-state index is 4.43. The first kappa shape index (κ1) is 21.2. The number of unbranched alkanes of at least 4 members (excludes halogenated alkanes) is 1. The fourth-order valence-corrected chi connectivity index (χ4v) is 3.21. The summed E-state index contributed by atoms with van der Waals surface area (Å²) in [5, 5.41) is 0. The minimum absolute atomic E-state index is 0.559. The van der Waals surface area contributed by atoms with E-state index in [2.05, 4.69) is 68.0 Å². The molecule has 0 aromatic heterocycles. The Bertz CT molecular complexity index is 386. The van der Waals surface area contributed by atoms with Gasteiger partial charge in [0, 0.05) is 0 Å². The molecule has 0 fully saturated rings. The molecule has 0 spiro atoms. The molecule has 0 bridgehead atoms. The van der Waals surface area contributed by atoms with Gasteiger partial charge in [0.15, 0.2) is 0 Å². The van der Waals surface area contributed by atoms with E-state index in [0.717, 1.165) is 12.3 Å². The highest BCUT2D eigenvalue weighted by molar-refractivity contribution is 5.44. The molecule has 0 aromatic rings. The fourth-order valence-electron chi connectivity index (χ4n) is 3.21. The summed E-state index contributed by atoms with van der Waals surface area (Å²) in [6, 6.07) is 0. The summed E-state index contributed by atoms with van der Waals surface area (Å²) in [7, 11) is 0. The van der Waals surface area contributed by atoms with Crippen LogP contribution in [-0.2, 0) is 0 Å². The summed E-state index contributed by atoms with van der Waals surface area (Å²) >= 11 is 0. The molecule has 0 heteroatoms. The average molecular weight is 305 g/mol. The molecule has 0 radical (unpaired) electrons. The molecule has 0 rings (SSSR count). The lowest BCUT2D eigenvalue weighted by Crippen LogP contribution is -2.09. The van der Waals surface area contributed by atoms with Gasteiger partial charge in [0.25, 0.3) is 0 Å². The third-order valence-electron chi connectivity index (χ3n) is 4.79. The lowest BCUT2D eigenvalue weighted by atomic mass is 9.81. The predicted octanol–water partition coefficient (Wildman–Crippen LogP) is 7.72. The molecule has 128 valence electrons. The van der Waals surface area contributed by atoms with Gasteiger partial charge in [-0.05, 0) is 54.2 Å². The summed E-state index contributed by atoms with van der Waals surface area (Å²) in [6.07, 6.45) is 8.51. The van der Waals surface area contributed by atoms with Crippen LogP contribution >= 0.6 is 0 Å². The lowest BCUT2D eigenvalue weighted by Gasteiger charge is -2.25. The van der Waals surface area contributed by atoms with Crippen LogP contribution in [0.3, 0.4) is 0 Å². The van der Waals surface area contributed by atoms with Crippen LogP contribution < -0.4 is 0 Å². The Hall–Kier alpha value is -0.780. The summed E-state index contributed by atoms with van der Waals surface area (Å²) in [5.74, 6) is 1.92. The van der Waals surface area contributed by atoms with E-state index >= 15 is 0 Å². The van der Waals surface area contributed by atoms with Gasteiger partial charge in [0.05, 0.1) is 0 Å². The molecule has 0 saturated carbocycles. The van der Waals surface area contributed by atoms with Gasteiger partial charge < -0.3 is 0 Å². The standard InChI is InChI=1S/C22H40/c1-10-13-14-21(16(4)5)22(17(6)7)19(9)18(8)15-20(11-2)12-3/h14,16-17,20H,8,10-13,15H2,1-7,9H3. The molecule has 0 saturated heterocycles. The fraction of sp³-hybridized carbons (Fsp3) is 0.727. The summed E-state index contributed by atoms with van der Waals surface area (Å²) < 4.78 is 0. The minimum Gasteiger partial charge on any atom is -0.0955 e. The molecule has 22 heavy (non-hydrogen) atoms. The summed E-state index contributed by atoms with van der Waals surface area (Å²) in [4.78, 5) is 0. The van der Waals surface area contributed by atoms with Crippen molar-refractivity contribution in [1.82, 2.24) is 0 Å². The Morgan fingerprint density at radius 2 is 1.50 bits per heavy atom. The Labute approximate surface area is 140 Å². The van der Waals surface area contributed by atoms with Crippen molar-refractivity contribution in [3.63, 3.8) is 0 Å². The van der Waals surface area contributed by atoms with E-state index in [4.69, 9.17) is 0 Å². The van der Waals surface area contributed by atoms with Crippen LogP contribution in [0.15, 0.2) is 34.9 Å². The van der Waals surface area contributed by atoms with Crippen LogP contribution in [0, 0.1) is 17.8 Å². The molecular formula is C22H40. The highest BCUT2D eigenvalue weighted by atomic mass is 14.2. The lowest BCUT2D eigenvalue weighted by molar-refractivity contribution is 0.490. The maximum atomic E-state index is 4.43. The maximum Gasteiger partial charge on any atom is -0.0213 e. The quantitative estimate of drug-likeness (QED) is 0.362. The highest BCUT2D eigenvalue weighted by Crippen LogP contribution is 2.34. The second-order valence-corrected chi connectivity index (χ2v) is 7.29. The van der Waals surface area contributed by atoms with Gasteiger partial charge in [-0.3, -0.25) is 0 Å². The largest absolute Gasteiger partial charge is 0.0955 e. The highest BCUT2D eigenvalue weighted by Gasteiger charge is 2.18. The van der Waals surface area contributed by atoms with Crippen molar-refractivity contribution in [3.8, 4) is 0 Å². The van der Waals surface area contributed by atoms with Crippen molar-refractivity contribution >= 4 is 0 Å². The second-order valence-electron chi connectivity index (χ2n) is 7.29. The molecule has 0 amide bonds. The van der Waals surface area contributed by atoms with Gasteiger partial charge in [-0.25, -0.2) is 0 Å². The Morgan fingerprint density at radius 1 is 0.955 bits per heavy atom. The van der Waals surface area contributed by atoms with E-state index in [1.165, 1.54) is 36.8 Å². The Kier molecular flexibility index (Phi) is 10.5. The molecule has 0 aliphatic heterocycles. The first-order valence-corrected chi connectivity index (χ1v) is 9.39. The topological polar surface area (TPSA) is 0 Å². The van der Waals surface area contributed by atoms with Crippen LogP contribution in [0.4, 0.5) is 0 Å². The Balaban J connectivity index is 5.62. The monoisotopic (exact) mass is 304 g/mol. The van der Waals surface area contributed by atoms with E-state index in [0.29, 0.717) is 11.8 Å². The van der Waals surface area contributed by atoms with Crippen LogP contribution in [0.5, 0.6) is 0 Å². The summed E-state index contributed by atoms with van der Waals surface area (Å²) in [5.41, 5.74) is 5.87. The van der Waals surface area contributed by atoms with Gasteiger partial charge in [-0.1, -0.05) is 86.0 Å². The van der Waals surface area contributed by atoms with Gasteiger partial charge in [0.1, 0.15) is 0 Å². The smallest absolute Gasteiger partial charge is 0.0213 e. The van der Waals surface area contributed by atoms with Crippen molar-refractivity contribution in [2.75, 3.05) is 0 Å². The van der Waals surface area contributed by atoms with Crippen LogP contribution in [-0.4, -0.2) is 0 Å². The molecule has 0 aliphatic rings. The first-order valence-electron chi connectivity index (χ1n) is 9.39. The van der Waals surface area contributed by atoms with Crippen molar-refractivity contribution < 1.29 is 0 Å². The van der Waals surface area contributed by atoms with E-state index in [-0.39, 0.29) is 0 Å². The molecule has 0 nitrogen and oxygen atoms in total. The third kappa shape index (κ3) is 6.55. The van der Waals surface area contributed by atoms with E-state index in [9.17, 15) is 0 Å². The van der Waals surface area contributed by atoms with Gasteiger partial charge in [-0.15, -0.1) is 0 Å². The van der Waals surface area contributed by atoms with Gasteiger partial charge >= 0.3 is 0 Å². The van der Waals surface area contributed by atoms with Crippen LogP contribution in [0.1, 0.15) is 87.5 Å². The van der Waals surface area contributed by atoms with E-state index in [1.807, 2.05) is 0 Å². The van der Waals surface area contributed by atoms with Crippen molar-refractivity contribution in [2.24, 2.45) is 17.8 Å². The van der Waals surface area contributed by atoms with Crippen LogP contribution in [0.2, 0.25) is 0 Å². The molecule has 0 N–H and O–H groups in total. The zero-order valence-corrected chi connectivity index (χ0v) is 16.6. The minimum atomic E-state index is 0.559. The number of hydrogen-bond acceptors (Lipinski definition) is 0. The van der Waals surface area contributed by atoms with Gasteiger partial charge in [0.2, 0.25) is 0 Å². The molecule has 0 aromatic carbocycles. The predicted molar refractivity (Wildman–Crippen MR) is 103 cm³/mol. The first-order chi connectivity index (χ1) is 10.3. The van der Waals surface area contributed by atoms with Crippen molar-refractivity contribution in [2.45, 2.75) is 87.5 Å². The number of hydrogen-bond donors (Lipinski definition) is 0. The molecule has 0 atom stereocenters. The second kappa shape index (κ2) is 10.9. The van der Waals surface area contributed by atoms with Crippen LogP contribution in [0.25, 0.3) is 0 Å². The van der Waals surface area contributed by atoms with E-state index < -0.39 is 0 Å². The zero-order chi connectivity index (χ0) is 17.3. The zero-order valence-electron chi connectivity index (χ0n) is 16.6. The average Bonchev–Trinajstić information content (AvgIpc) is 2.47. The SMILES string of the molecule is C=C(CC(CC)CC)C(C)=C(C(=CCCC)C(C)C)C(C)C. The normalized spacial score (nSPS) is 14.0. The van der Waals surface area contributed by atoms with Crippen molar-refractivity contribution in [3.05, 3.63) is 34.9 Å². The Morgan fingerprint density at radius 3 is 1.86 bits per heavy atom. The summed E-state index contributed by atoms with van der Waals surface area (Å²) in [6.45, 7) is 22.9. The van der Waals surface area contributed by atoms with E-state index in [1.54, 1.807) is 11.1 Å². The third-order valence-corrected chi connectivity index (χ3v) is 4.79. The van der Waals surface area contributed by atoms with Gasteiger partial charge in [-0.2, -0.15) is 0 Å². The number of rotatable bonds is 10. The molecule has 0 unspecified atom stereocenters. The molecule has 0 aliphatic carbocycles. The number of allylic oxidation sites excluding steroid dienone is 5. The van der Waals surface area contributed by atoms with Crippen molar-refractivity contribution in [1.29, 1.82) is 0 Å². The molecule has 0 heterocycles. The molecular weight excluding hydrogens is 264 g/mol.